The van der Waals surface area contributed by atoms with Crippen LogP contribution in [0.2, 0.25) is 5.02 Å². The summed E-state index contributed by atoms with van der Waals surface area (Å²) in [5.41, 5.74) is 2.16. The normalized spacial score (nSPS) is 13.8. The van der Waals surface area contributed by atoms with Crippen LogP contribution in [0, 0.1) is 11.3 Å². The number of hydrogen-bond acceptors (Lipinski definition) is 5. The highest BCUT2D eigenvalue weighted by Gasteiger charge is 2.17. The van der Waals surface area contributed by atoms with Gasteiger partial charge >= 0.3 is 0 Å². The molecule has 4 nitrogen and oxygen atoms in total. The molecule has 0 unspecified atom stereocenters. The van der Waals surface area contributed by atoms with Crippen LogP contribution in [0.3, 0.4) is 0 Å². The van der Waals surface area contributed by atoms with Crippen molar-refractivity contribution in [3.05, 3.63) is 52.0 Å². The molecular formula is C18H11ClN2O2S. The van der Waals surface area contributed by atoms with Crippen molar-refractivity contribution in [3.63, 3.8) is 0 Å². The fourth-order valence-corrected chi connectivity index (χ4v) is 3.72. The number of para-hydroxylation sites is 1. The Morgan fingerprint density at radius 3 is 2.92 bits per heavy atom. The Kier molecular flexibility index (Phi) is 3.85. The van der Waals surface area contributed by atoms with Crippen molar-refractivity contribution in [2.75, 3.05) is 13.2 Å². The molecule has 2 heterocycles. The van der Waals surface area contributed by atoms with Crippen LogP contribution in [0.4, 0.5) is 0 Å². The molecule has 2 aromatic carbocycles. The predicted octanol–water partition coefficient (Wildman–Crippen LogP) is 4.79. The quantitative estimate of drug-likeness (QED) is 0.621. The van der Waals surface area contributed by atoms with E-state index >= 15 is 0 Å². The average Bonchev–Trinajstić information content (AvgIpc) is 3.03. The molecule has 0 fully saturated rings. The first-order valence-electron chi connectivity index (χ1n) is 7.31. The van der Waals surface area contributed by atoms with Crippen LogP contribution >= 0.6 is 22.9 Å². The molecule has 0 bridgehead atoms. The average molecular weight is 355 g/mol. The number of allylic oxidation sites excluding steroid dienone is 1. The Labute approximate surface area is 147 Å². The van der Waals surface area contributed by atoms with Gasteiger partial charge in [-0.25, -0.2) is 4.98 Å². The minimum atomic E-state index is 0.472. The van der Waals surface area contributed by atoms with Crippen LogP contribution in [0.25, 0.3) is 21.9 Å². The van der Waals surface area contributed by atoms with E-state index in [2.05, 4.69) is 11.1 Å². The van der Waals surface area contributed by atoms with Gasteiger partial charge in [0.05, 0.1) is 20.8 Å². The van der Waals surface area contributed by atoms with E-state index in [-0.39, 0.29) is 0 Å². The van der Waals surface area contributed by atoms with Crippen molar-refractivity contribution in [1.82, 2.24) is 4.98 Å². The second kappa shape index (κ2) is 6.16. The zero-order valence-corrected chi connectivity index (χ0v) is 14.0. The number of hydrogen-bond donors (Lipinski definition) is 0. The Balaban J connectivity index is 1.78. The third kappa shape index (κ3) is 2.71. The van der Waals surface area contributed by atoms with Crippen molar-refractivity contribution in [1.29, 1.82) is 5.26 Å². The number of thiazole rings is 1. The van der Waals surface area contributed by atoms with Gasteiger partial charge in [-0.3, -0.25) is 0 Å². The Hall–Kier alpha value is -2.55. The van der Waals surface area contributed by atoms with E-state index in [1.165, 1.54) is 11.3 Å². The summed E-state index contributed by atoms with van der Waals surface area (Å²) in [5.74, 6) is 1.15. The van der Waals surface area contributed by atoms with Crippen molar-refractivity contribution < 1.29 is 9.47 Å². The molecule has 0 atom stereocenters. The highest BCUT2D eigenvalue weighted by Crippen LogP contribution is 2.39. The summed E-state index contributed by atoms with van der Waals surface area (Å²) in [6.07, 6.45) is 1.77. The standard InChI is InChI=1S/C18H11ClN2O2S/c19-13-8-11(9-15-17(13)23-6-5-22-15)7-12(10-20)18-21-14-3-1-2-4-16(14)24-18/h1-4,7-9H,5-6H2/b12-7+. The van der Waals surface area contributed by atoms with E-state index in [0.717, 1.165) is 15.8 Å². The van der Waals surface area contributed by atoms with Gasteiger partial charge in [0, 0.05) is 0 Å². The number of benzene rings is 2. The van der Waals surface area contributed by atoms with E-state index in [1.807, 2.05) is 30.3 Å². The molecule has 3 aromatic rings. The van der Waals surface area contributed by atoms with E-state index in [0.29, 0.717) is 40.3 Å². The van der Waals surface area contributed by atoms with Gasteiger partial charge in [-0.2, -0.15) is 5.26 Å². The van der Waals surface area contributed by atoms with Gasteiger partial charge in [0.25, 0.3) is 0 Å². The lowest BCUT2D eigenvalue weighted by Gasteiger charge is -2.19. The van der Waals surface area contributed by atoms with Crippen molar-refractivity contribution >= 4 is 44.8 Å². The summed E-state index contributed by atoms with van der Waals surface area (Å²) in [5, 5.41) is 10.7. The van der Waals surface area contributed by atoms with Crippen LogP contribution in [0.1, 0.15) is 10.6 Å². The largest absolute Gasteiger partial charge is 0.486 e. The zero-order valence-electron chi connectivity index (χ0n) is 12.5. The third-order valence-corrected chi connectivity index (χ3v) is 4.93. The highest BCUT2D eigenvalue weighted by molar-refractivity contribution is 7.19. The van der Waals surface area contributed by atoms with E-state index in [9.17, 15) is 5.26 Å². The second-order valence-electron chi connectivity index (χ2n) is 5.18. The summed E-state index contributed by atoms with van der Waals surface area (Å²) >= 11 is 7.75. The first-order chi connectivity index (χ1) is 11.7. The molecule has 118 valence electrons. The zero-order chi connectivity index (χ0) is 16.5. The topological polar surface area (TPSA) is 55.1 Å². The van der Waals surface area contributed by atoms with E-state index in [4.69, 9.17) is 21.1 Å². The SMILES string of the molecule is N#C/C(=C\c1cc(Cl)c2c(c1)OCCO2)c1nc2ccccc2s1. The fourth-order valence-electron chi connectivity index (χ4n) is 2.51. The molecule has 1 aliphatic rings. The molecule has 0 N–H and O–H groups in total. The molecule has 0 radical (unpaired) electrons. The van der Waals surface area contributed by atoms with Gasteiger partial charge < -0.3 is 9.47 Å². The third-order valence-electron chi connectivity index (χ3n) is 3.57. The van der Waals surface area contributed by atoms with Gasteiger partial charge in [0.1, 0.15) is 24.3 Å². The molecular weight excluding hydrogens is 344 g/mol. The fraction of sp³-hybridized carbons (Fsp3) is 0.111. The van der Waals surface area contributed by atoms with E-state index in [1.54, 1.807) is 12.1 Å². The number of rotatable bonds is 2. The molecule has 1 aliphatic heterocycles. The number of aromatic nitrogens is 1. The van der Waals surface area contributed by atoms with Crippen LogP contribution < -0.4 is 9.47 Å². The number of ether oxygens (including phenoxy) is 2. The minimum Gasteiger partial charge on any atom is -0.486 e. The summed E-state index contributed by atoms with van der Waals surface area (Å²) in [4.78, 5) is 4.53. The van der Waals surface area contributed by atoms with Crippen molar-refractivity contribution in [2.24, 2.45) is 0 Å². The van der Waals surface area contributed by atoms with Crippen LogP contribution in [-0.4, -0.2) is 18.2 Å². The maximum atomic E-state index is 9.53. The van der Waals surface area contributed by atoms with Gasteiger partial charge in [-0.05, 0) is 35.9 Å². The van der Waals surface area contributed by atoms with Crippen LogP contribution in [0.15, 0.2) is 36.4 Å². The maximum absolute atomic E-state index is 9.53. The summed E-state index contributed by atoms with van der Waals surface area (Å²) in [6.45, 7) is 0.969. The highest BCUT2D eigenvalue weighted by atomic mass is 35.5. The lowest BCUT2D eigenvalue weighted by molar-refractivity contribution is 0.171. The first-order valence-corrected chi connectivity index (χ1v) is 8.51. The summed E-state index contributed by atoms with van der Waals surface area (Å²) < 4.78 is 12.1. The maximum Gasteiger partial charge on any atom is 0.179 e. The summed E-state index contributed by atoms with van der Waals surface area (Å²) in [6, 6.07) is 13.6. The van der Waals surface area contributed by atoms with E-state index < -0.39 is 0 Å². The number of halogens is 1. The molecule has 0 aliphatic carbocycles. The molecule has 4 rings (SSSR count). The van der Waals surface area contributed by atoms with Crippen molar-refractivity contribution in [2.45, 2.75) is 0 Å². The molecule has 24 heavy (non-hydrogen) atoms. The molecule has 0 saturated carbocycles. The number of nitrogens with zero attached hydrogens (tertiary/aromatic N) is 2. The molecule has 0 spiro atoms. The van der Waals surface area contributed by atoms with Gasteiger partial charge in [-0.15, -0.1) is 11.3 Å². The molecule has 0 saturated heterocycles. The Morgan fingerprint density at radius 1 is 1.25 bits per heavy atom. The molecule has 1 aromatic heterocycles. The van der Waals surface area contributed by atoms with Gasteiger partial charge in [0.2, 0.25) is 0 Å². The lowest BCUT2D eigenvalue weighted by Crippen LogP contribution is -2.15. The molecule has 6 heteroatoms. The number of nitriles is 1. The first kappa shape index (κ1) is 15.0. The van der Waals surface area contributed by atoms with Crippen molar-refractivity contribution in [3.8, 4) is 17.6 Å². The monoisotopic (exact) mass is 354 g/mol. The lowest BCUT2D eigenvalue weighted by atomic mass is 10.1. The van der Waals surface area contributed by atoms with Crippen LogP contribution in [-0.2, 0) is 0 Å². The Morgan fingerprint density at radius 2 is 2.08 bits per heavy atom. The molecule has 0 amide bonds. The van der Waals surface area contributed by atoms with Crippen LogP contribution in [0.5, 0.6) is 11.5 Å². The van der Waals surface area contributed by atoms with Gasteiger partial charge in [-0.1, -0.05) is 23.7 Å². The summed E-state index contributed by atoms with van der Waals surface area (Å²) in [7, 11) is 0. The predicted molar refractivity (Wildman–Crippen MR) is 95.5 cm³/mol. The smallest absolute Gasteiger partial charge is 0.179 e. The second-order valence-corrected chi connectivity index (χ2v) is 6.62. The Bertz CT molecular complexity index is 971. The minimum absolute atomic E-state index is 0.472. The van der Waals surface area contributed by atoms with Gasteiger partial charge in [0.15, 0.2) is 11.5 Å². The number of fused-ring (bicyclic) bond motifs is 2.